The molecule has 0 amide bonds. The lowest BCUT2D eigenvalue weighted by molar-refractivity contribution is 0.0698. The zero-order valence-electron chi connectivity index (χ0n) is 12.2. The number of rotatable bonds is 5. The Hall–Kier alpha value is -2.31. The summed E-state index contributed by atoms with van der Waals surface area (Å²) in [7, 11) is -3.84. The van der Waals surface area contributed by atoms with E-state index in [0.29, 0.717) is 10.6 Å². The Labute approximate surface area is 139 Å². The van der Waals surface area contributed by atoms with Crippen molar-refractivity contribution in [2.75, 3.05) is 4.72 Å². The van der Waals surface area contributed by atoms with E-state index in [4.69, 9.17) is 16.7 Å². The minimum Gasteiger partial charge on any atom is -0.478 e. The zero-order valence-corrected chi connectivity index (χ0v) is 13.7. The molecule has 7 heteroatoms. The number of aromatic carboxylic acids is 1. The van der Waals surface area contributed by atoms with Crippen molar-refractivity contribution < 1.29 is 18.3 Å². The third kappa shape index (κ3) is 4.84. The van der Waals surface area contributed by atoms with E-state index < -0.39 is 16.0 Å². The second-order valence-corrected chi connectivity index (χ2v) is 6.86. The Morgan fingerprint density at radius 1 is 1.17 bits per heavy atom. The second-order valence-electron chi connectivity index (χ2n) is 4.86. The summed E-state index contributed by atoms with van der Waals surface area (Å²) in [6.07, 6.45) is 1.40. The number of aryl methyl sites for hydroxylation is 1. The summed E-state index contributed by atoms with van der Waals surface area (Å²) in [5, 5.41) is 10.7. The predicted molar refractivity (Wildman–Crippen MR) is 91.2 cm³/mol. The van der Waals surface area contributed by atoms with Crippen molar-refractivity contribution >= 4 is 39.4 Å². The minimum atomic E-state index is -3.84. The topological polar surface area (TPSA) is 83.5 Å². The van der Waals surface area contributed by atoms with Crippen molar-refractivity contribution in [1.82, 2.24) is 0 Å². The summed E-state index contributed by atoms with van der Waals surface area (Å²) >= 11 is 5.76. The van der Waals surface area contributed by atoms with Gasteiger partial charge in [0.15, 0.2) is 0 Å². The van der Waals surface area contributed by atoms with Gasteiger partial charge in [0.25, 0.3) is 10.0 Å². The van der Waals surface area contributed by atoms with Gasteiger partial charge in [-0.25, -0.2) is 13.2 Å². The van der Waals surface area contributed by atoms with E-state index in [1.54, 1.807) is 37.3 Å². The van der Waals surface area contributed by atoms with Crippen LogP contribution < -0.4 is 4.72 Å². The highest BCUT2D eigenvalue weighted by Crippen LogP contribution is 2.19. The molecule has 0 aliphatic rings. The zero-order chi connectivity index (χ0) is 17.0. The molecule has 0 bridgehead atoms. The second kappa shape index (κ2) is 6.85. The maximum Gasteiger partial charge on any atom is 0.337 e. The average Bonchev–Trinajstić information content (AvgIpc) is 2.48. The van der Waals surface area contributed by atoms with E-state index in [2.05, 4.69) is 4.72 Å². The Morgan fingerprint density at radius 2 is 1.83 bits per heavy atom. The van der Waals surface area contributed by atoms with Gasteiger partial charge in [-0.15, -0.1) is 0 Å². The smallest absolute Gasteiger partial charge is 0.337 e. The minimum absolute atomic E-state index is 0.0175. The first-order valence-electron chi connectivity index (χ1n) is 6.57. The van der Waals surface area contributed by atoms with E-state index in [0.717, 1.165) is 11.0 Å². The van der Waals surface area contributed by atoms with Crippen LogP contribution in [-0.2, 0) is 10.0 Å². The standard InChI is InChI=1S/C16H14ClNO4S/c1-11-2-7-15(14(10-11)16(19)20)18-23(21,22)9-8-12-3-5-13(17)6-4-12/h2-10,18H,1H3,(H,19,20)/b9-8-. The van der Waals surface area contributed by atoms with Gasteiger partial charge in [-0.2, -0.15) is 0 Å². The summed E-state index contributed by atoms with van der Waals surface area (Å²) in [4.78, 5) is 11.2. The molecule has 0 heterocycles. The number of sulfonamides is 1. The van der Waals surface area contributed by atoms with Crippen LogP contribution in [0.15, 0.2) is 47.9 Å². The van der Waals surface area contributed by atoms with Gasteiger partial charge in [-0.3, -0.25) is 4.72 Å². The van der Waals surface area contributed by atoms with Gasteiger partial charge < -0.3 is 5.11 Å². The maximum atomic E-state index is 12.1. The lowest BCUT2D eigenvalue weighted by atomic mass is 10.1. The number of carboxylic acids is 1. The number of hydrogen-bond acceptors (Lipinski definition) is 3. The number of benzene rings is 2. The van der Waals surface area contributed by atoms with Crippen molar-refractivity contribution in [3.63, 3.8) is 0 Å². The van der Waals surface area contributed by atoms with Crippen LogP contribution in [0.1, 0.15) is 21.5 Å². The van der Waals surface area contributed by atoms with Crippen LogP contribution in [0.25, 0.3) is 6.08 Å². The van der Waals surface area contributed by atoms with E-state index in [1.165, 1.54) is 18.2 Å². The summed E-state index contributed by atoms with van der Waals surface area (Å²) < 4.78 is 26.4. The summed E-state index contributed by atoms with van der Waals surface area (Å²) in [5.41, 5.74) is 1.29. The Morgan fingerprint density at radius 3 is 2.43 bits per heavy atom. The monoisotopic (exact) mass is 351 g/mol. The molecule has 0 saturated heterocycles. The highest BCUT2D eigenvalue weighted by atomic mass is 35.5. The molecule has 23 heavy (non-hydrogen) atoms. The highest BCUT2D eigenvalue weighted by Gasteiger charge is 2.14. The SMILES string of the molecule is Cc1ccc(NS(=O)(=O)/C=C\c2ccc(Cl)cc2)c(C(=O)O)c1. The average molecular weight is 352 g/mol. The third-order valence-electron chi connectivity index (χ3n) is 2.97. The summed E-state index contributed by atoms with van der Waals surface area (Å²) in [5.74, 6) is -1.20. The normalized spacial score (nSPS) is 11.6. The largest absolute Gasteiger partial charge is 0.478 e. The number of anilines is 1. The van der Waals surface area contributed by atoms with Crippen molar-refractivity contribution in [2.45, 2.75) is 6.92 Å². The summed E-state index contributed by atoms with van der Waals surface area (Å²) in [6, 6.07) is 11.1. The molecule has 0 unspecified atom stereocenters. The van der Waals surface area contributed by atoms with Crippen LogP contribution in [0.2, 0.25) is 5.02 Å². The third-order valence-corrected chi connectivity index (χ3v) is 4.22. The van der Waals surface area contributed by atoms with E-state index in [-0.39, 0.29) is 11.3 Å². The quantitative estimate of drug-likeness (QED) is 0.859. The molecule has 2 N–H and O–H groups in total. The number of hydrogen-bond donors (Lipinski definition) is 2. The van der Waals surface area contributed by atoms with Gasteiger partial charge in [-0.05, 0) is 42.8 Å². The van der Waals surface area contributed by atoms with Gasteiger partial charge >= 0.3 is 5.97 Å². The number of nitrogens with one attached hydrogen (secondary N) is 1. The van der Waals surface area contributed by atoms with Gasteiger partial charge in [0.2, 0.25) is 0 Å². The molecule has 0 saturated carbocycles. The molecule has 0 radical (unpaired) electrons. The predicted octanol–water partition coefficient (Wildman–Crippen LogP) is 3.76. The Balaban J connectivity index is 2.25. The molecular weight excluding hydrogens is 338 g/mol. The van der Waals surface area contributed by atoms with Crippen LogP contribution in [0.4, 0.5) is 5.69 Å². The van der Waals surface area contributed by atoms with Crippen molar-refractivity contribution in [3.8, 4) is 0 Å². The molecule has 2 aromatic rings. The van der Waals surface area contributed by atoms with Crippen LogP contribution in [0.5, 0.6) is 0 Å². The first kappa shape index (κ1) is 17.1. The Kier molecular flexibility index (Phi) is 5.08. The van der Waals surface area contributed by atoms with Gasteiger partial charge in [0.1, 0.15) is 0 Å². The lowest BCUT2D eigenvalue weighted by Crippen LogP contribution is -2.12. The molecule has 5 nitrogen and oxygen atoms in total. The molecule has 0 atom stereocenters. The molecule has 0 fully saturated rings. The fourth-order valence-electron chi connectivity index (χ4n) is 1.85. The Bertz CT molecular complexity index is 858. The molecule has 120 valence electrons. The fraction of sp³-hybridized carbons (Fsp3) is 0.0625. The molecule has 0 aromatic heterocycles. The number of carbonyl (C=O) groups is 1. The number of halogens is 1. The molecule has 2 aromatic carbocycles. The van der Waals surface area contributed by atoms with Crippen molar-refractivity contribution in [1.29, 1.82) is 0 Å². The molecule has 2 rings (SSSR count). The number of carboxylic acid groups (broad SMARTS) is 1. The van der Waals surface area contributed by atoms with Gasteiger partial charge in [-0.1, -0.05) is 35.4 Å². The van der Waals surface area contributed by atoms with Gasteiger partial charge in [0.05, 0.1) is 16.7 Å². The van der Waals surface area contributed by atoms with E-state index in [1.807, 2.05) is 0 Å². The van der Waals surface area contributed by atoms with Crippen molar-refractivity contribution in [3.05, 3.63) is 69.6 Å². The summed E-state index contributed by atoms with van der Waals surface area (Å²) in [6.45, 7) is 1.73. The van der Waals surface area contributed by atoms with Crippen LogP contribution in [0.3, 0.4) is 0 Å². The molecular formula is C16H14ClNO4S. The van der Waals surface area contributed by atoms with Crippen molar-refractivity contribution in [2.24, 2.45) is 0 Å². The molecule has 0 aliphatic carbocycles. The first-order valence-corrected chi connectivity index (χ1v) is 8.50. The highest BCUT2D eigenvalue weighted by molar-refractivity contribution is 7.95. The van der Waals surface area contributed by atoms with E-state index >= 15 is 0 Å². The van der Waals surface area contributed by atoms with Crippen LogP contribution in [0, 0.1) is 6.92 Å². The fourth-order valence-corrected chi connectivity index (χ4v) is 2.87. The maximum absolute atomic E-state index is 12.1. The van der Waals surface area contributed by atoms with E-state index in [9.17, 15) is 13.2 Å². The first-order chi connectivity index (χ1) is 10.8. The lowest BCUT2D eigenvalue weighted by Gasteiger charge is -2.08. The molecule has 0 spiro atoms. The van der Waals surface area contributed by atoms with Gasteiger partial charge in [0, 0.05) is 5.02 Å². The van der Waals surface area contributed by atoms with Crippen LogP contribution in [-0.4, -0.2) is 19.5 Å². The molecule has 0 aliphatic heterocycles. The van der Waals surface area contributed by atoms with Crippen LogP contribution >= 0.6 is 11.6 Å².